The molecule has 1 aliphatic heterocycles. The van der Waals surface area contributed by atoms with E-state index in [9.17, 15) is 0 Å². The van der Waals surface area contributed by atoms with Gasteiger partial charge in [0.25, 0.3) is 0 Å². The highest BCUT2D eigenvalue weighted by molar-refractivity contribution is 4.98. The number of nitrogens with zero attached hydrogens (tertiary/aromatic N) is 1. The van der Waals surface area contributed by atoms with Crippen LogP contribution in [0.2, 0.25) is 0 Å². The molecule has 0 amide bonds. The second-order valence-electron chi connectivity index (χ2n) is 5.67. The summed E-state index contributed by atoms with van der Waals surface area (Å²) >= 11 is 0. The van der Waals surface area contributed by atoms with Crippen molar-refractivity contribution < 1.29 is 4.74 Å². The first kappa shape index (κ1) is 11.4. The lowest BCUT2D eigenvalue weighted by Crippen LogP contribution is -2.60. The number of hydrogen-bond donors (Lipinski definition) is 1. The molecule has 2 fully saturated rings. The van der Waals surface area contributed by atoms with Gasteiger partial charge in [0.2, 0.25) is 0 Å². The van der Waals surface area contributed by atoms with Crippen molar-refractivity contribution in [1.82, 2.24) is 4.90 Å². The topological polar surface area (TPSA) is 38.5 Å². The van der Waals surface area contributed by atoms with Crippen LogP contribution in [0.5, 0.6) is 0 Å². The van der Waals surface area contributed by atoms with E-state index in [1.165, 1.54) is 25.7 Å². The molecule has 15 heavy (non-hydrogen) atoms. The lowest BCUT2D eigenvalue weighted by atomic mass is 9.92. The van der Waals surface area contributed by atoms with Gasteiger partial charge in [-0.3, -0.25) is 4.90 Å². The average Bonchev–Trinajstić information content (AvgIpc) is 2.65. The van der Waals surface area contributed by atoms with Gasteiger partial charge in [0.05, 0.1) is 12.2 Å². The minimum Gasteiger partial charge on any atom is -0.373 e. The van der Waals surface area contributed by atoms with Gasteiger partial charge < -0.3 is 10.5 Å². The standard InChI is InChI=1S/C12H24N2O/c1-11(2)10-14(7-8-15-11)12(9-13)5-3-4-6-12/h3-10,13H2,1-2H3. The van der Waals surface area contributed by atoms with E-state index in [4.69, 9.17) is 10.5 Å². The number of hydrogen-bond acceptors (Lipinski definition) is 3. The molecule has 1 saturated carbocycles. The predicted molar refractivity (Wildman–Crippen MR) is 61.9 cm³/mol. The summed E-state index contributed by atoms with van der Waals surface area (Å²) < 4.78 is 5.76. The molecular weight excluding hydrogens is 188 g/mol. The van der Waals surface area contributed by atoms with Crippen molar-refractivity contribution in [1.29, 1.82) is 0 Å². The molecule has 0 radical (unpaired) electrons. The summed E-state index contributed by atoms with van der Waals surface area (Å²) in [5.41, 5.74) is 6.30. The van der Waals surface area contributed by atoms with E-state index in [1.54, 1.807) is 0 Å². The molecule has 0 spiro atoms. The highest BCUT2D eigenvalue weighted by atomic mass is 16.5. The summed E-state index contributed by atoms with van der Waals surface area (Å²) in [7, 11) is 0. The van der Waals surface area contributed by atoms with Gasteiger partial charge in [-0.1, -0.05) is 12.8 Å². The molecule has 0 atom stereocenters. The molecule has 3 heteroatoms. The van der Waals surface area contributed by atoms with Gasteiger partial charge in [-0.15, -0.1) is 0 Å². The molecule has 0 aromatic heterocycles. The molecule has 1 aliphatic carbocycles. The highest BCUT2D eigenvalue weighted by Gasteiger charge is 2.42. The number of nitrogens with two attached hydrogens (primary N) is 1. The zero-order valence-electron chi connectivity index (χ0n) is 10.1. The van der Waals surface area contributed by atoms with Crippen LogP contribution in [-0.4, -0.2) is 42.3 Å². The van der Waals surface area contributed by atoms with Crippen LogP contribution < -0.4 is 5.73 Å². The van der Waals surface area contributed by atoms with Crippen LogP contribution >= 0.6 is 0 Å². The molecule has 0 aromatic carbocycles. The minimum absolute atomic E-state index is 0.00299. The van der Waals surface area contributed by atoms with Gasteiger partial charge >= 0.3 is 0 Å². The smallest absolute Gasteiger partial charge is 0.0753 e. The largest absolute Gasteiger partial charge is 0.373 e. The molecule has 3 nitrogen and oxygen atoms in total. The van der Waals surface area contributed by atoms with Gasteiger partial charge in [-0.25, -0.2) is 0 Å². The van der Waals surface area contributed by atoms with E-state index in [0.29, 0.717) is 5.54 Å². The van der Waals surface area contributed by atoms with Crippen LogP contribution in [0.4, 0.5) is 0 Å². The Kier molecular flexibility index (Phi) is 3.06. The summed E-state index contributed by atoms with van der Waals surface area (Å²) in [6, 6.07) is 0. The molecule has 2 N–H and O–H groups in total. The van der Waals surface area contributed by atoms with Gasteiger partial charge in [0.1, 0.15) is 0 Å². The summed E-state index contributed by atoms with van der Waals surface area (Å²) in [5.74, 6) is 0. The third-order valence-corrected chi connectivity index (χ3v) is 4.01. The number of rotatable bonds is 2. The van der Waals surface area contributed by atoms with Crippen molar-refractivity contribution in [2.45, 2.75) is 50.7 Å². The Labute approximate surface area is 93.0 Å². The van der Waals surface area contributed by atoms with Crippen molar-refractivity contribution in [3.63, 3.8) is 0 Å². The van der Waals surface area contributed by atoms with E-state index in [0.717, 1.165) is 26.2 Å². The van der Waals surface area contributed by atoms with E-state index < -0.39 is 0 Å². The molecule has 1 saturated heterocycles. The summed E-state index contributed by atoms with van der Waals surface area (Å²) in [5, 5.41) is 0. The first-order valence-corrected chi connectivity index (χ1v) is 6.17. The fourth-order valence-corrected chi connectivity index (χ4v) is 3.10. The van der Waals surface area contributed by atoms with Crippen LogP contribution in [0.15, 0.2) is 0 Å². The van der Waals surface area contributed by atoms with E-state index in [2.05, 4.69) is 18.7 Å². The quantitative estimate of drug-likeness (QED) is 0.751. The Morgan fingerprint density at radius 1 is 1.27 bits per heavy atom. The number of morpholine rings is 1. The zero-order chi connectivity index (χ0) is 10.9. The summed E-state index contributed by atoms with van der Waals surface area (Å²) in [4.78, 5) is 2.59. The van der Waals surface area contributed by atoms with Crippen molar-refractivity contribution in [2.24, 2.45) is 5.73 Å². The summed E-state index contributed by atoms with van der Waals surface area (Å²) in [6.07, 6.45) is 5.24. The predicted octanol–water partition coefficient (Wildman–Crippen LogP) is 1.37. The van der Waals surface area contributed by atoms with Crippen molar-refractivity contribution in [2.75, 3.05) is 26.2 Å². The lowest BCUT2D eigenvalue weighted by molar-refractivity contribution is -0.114. The lowest BCUT2D eigenvalue weighted by Gasteiger charge is -2.47. The van der Waals surface area contributed by atoms with Crippen LogP contribution in [0.3, 0.4) is 0 Å². The minimum atomic E-state index is 0.00299. The van der Waals surface area contributed by atoms with Gasteiger partial charge in [-0.2, -0.15) is 0 Å². The molecular formula is C12H24N2O. The van der Waals surface area contributed by atoms with E-state index in [1.807, 2.05) is 0 Å². The van der Waals surface area contributed by atoms with Crippen LogP contribution in [0, 0.1) is 0 Å². The van der Waals surface area contributed by atoms with Gasteiger partial charge in [0.15, 0.2) is 0 Å². The third-order valence-electron chi connectivity index (χ3n) is 4.01. The first-order valence-electron chi connectivity index (χ1n) is 6.17. The fourth-order valence-electron chi connectivity index (χ4n) is 3.10. The maximum atomic E-state index is 6.01. The molecule has 0 unspecified atom stereocenters. The Morgan fingerprint density at radius 2 is 1.93 bits per heavy atom. The molecule has 2 aliphatic rings. The van der Waals surface area contributed by atoms with E-state index >= 15 is 0 Å². The summed E-state index contributed by atoms with van der Waals surface area (Å²) in [6.45, 7) is 8.11. The molecule has 88 valence electrons. The Hall–Kier alpha value is -0.120. The molecule has 1 heterocycles. The van der Waals surface area contributed by atoms with Crippen LogP contribution in [-0.2, 0) is 4.74 Å². The molecule has 0 bridgehead atoms. The average molecular weight is 212 g/mol. The Bertz CT molecular complexity index is 222. The highest BCUT2D eigenvalue weighted by Crippen LogP contribution is 2.36. The van der Waals surface area contributed by atoms with Gasteiger partial charge in [-0.05, 0) is 26.7 Å². The molecule has 2 rings (SSSR count). The third kappa shape index (κ3) is 2.19. The van der Waals surface area contributed by atoms with Crippen molar-refractivity contribution in [3.8, 4) is 0 Å². The van der Waals surface area contributed by atoms with E-state index in [-0.39, 0.29) is 5.60 Å². The monoisotopic (exact) mass is 212 g/mol. The zero-order valence-corrected chi connectivity index (χ0v) is 10.1. The molecule has 0 aromatic rings. The first-order chi connectivity index (χ1) is 7.08. The second-order valence-corrected chi connectivity index (χ2v) is 5.67. The van der Waals surface area contributed by atoms with Gasteiger partial charge in [0, 0.05) is 25.2 Å². The van der Waals surface area contributed by atoms with Crippen molar-refractivity contribution >= 4 is 0 Å². The van der Waals surface area contributed by atoms with Crippen LogP contribution in [0.25, 0.3) is 0 Å². The maximum Gasteiger partial charge on any atom is 0.0753 e. The van der Waals surface area contributed by atoms with Crippen LogP contribution in [0.1, 0.15) is 39.5 Å². The maximum absolute atomic E-state index is 6.01. The SMILES string of the molecule is CC1(C)CN(C2(CN)CCCC2)CCO1. The second kappa shape index (κ2) is 4.04. The normalized spacial score (nSPS) is 30.6. The Balaban J connectivity index is 2.08. The number of ether oxygens (including phenoxy) is 1. The fraction of sp³-hybridized carbons (Fsp3) is 1.00. The van der Waals surface area contributed by atoms with Crippen molar-refractivity contribution in [3.05, 3.63) is 0 Å². The Morgan fingerprint density at radius 3 is 2.47 bits per heavy atom.